The lowest BCUT2D eigenvalue weighted by molar-refractivity contribution is -0.133. The molecule has 0 radical (unpaired) electrons. The largest absolute Gasteiger partial charge is 0.495 e. The Balaban J connectivity index is 2.10. The van der Waals surface area contributed by atoms with Gasteiger partial charge in [-0.1, -0.05) is 17.7 Å². The first kappa shape index (κ1) is 16.8. The highest BCUT2D eigenvalue weighted by atomic mass is 35.5. The maximum absolute atomic E-state index is 13.1. The van der Waals surface area contributed by atoms with E-state index in [4.69, 9.17) is 16.3 Å². The first-order valence-electron chi connectivity index (χ1n) is 6.62. The van der Waals surface area contributed by atoms with Gasteiger partial charge in [0.05, 0.1) is 17.8 Å². The van der Waals surface area contributed by atoms with Crippen molar-refractivity contribution >= 4 is 34.8 Å². The Morgan fingerprint density at radius 3 is 2.43 bits per heavy atom. The van der Waals surface area contributed by atoms with Gasteiger partial charge in [-0.25, -0.2) is 4.39 Å². The molecule has 0 saturated heterocycles. The van der Waals surface area contributed by atoms with Crippen molar-refractivity contribution in [2.45, 2.75) is 6.92 Å². The monoisotopic (exact) mass is 336 g/mol. The van der Waals surface area contributed by atoms with Crippen LogP contribution in [-0.2, 0) is 9.59 Å². The minimum Gasteiger partial charge on any atom is -0.495 e. The third-order valence-electron chi connectivity index (χ3n) is 2.99. The molecule has 0 spiro atoms. The van der Waals surface area contributed by atoms with Crippen LogP contribution < -0.4 is 15.4 Å². The maximum Gasteiger partial charge on any atom is 0.314 e. The van der Waals surface area contributed by atoms with Gasteiger partial charge in [-0.3, -0.25) is 9.59 Å². The topological polar surface area (TPSA) is 67.4 Å². The van der Waals surface area contributed by atoms with Crippen molar-refractivity contribution in [3.63, 3.8) is 0 Å². The summed E-state index contributed by atoms with van der Waals surface area (Å²) < 4.78 is 18.2. The highest BCUT2D eigenvalue weighted by molar-refractivity contribution is 6.44. The number of ether oxygens (including phenoxy) is 1. The summed E-state index contributed by atoms with van der Waals surface area (Å²) >= 11 is 5.62. The van der Waals surface area contributed by atoms with Gasteiger partial charge in [-0.15, -0.1) is 0 Å². The van der Waals surface area contributed by atoms with Crippen molar-refractivity contribution in [2.75, 3.05) is 17.7 Å². The molecule has 2 aromatic rings. The zero-order valence-electron chi connectivity index (χ0n) is 12.4. The lowest BCUT2D eigenvalue weighted by Gasteiger charge is -2.11. The molecule has 0 heterocycles. The number of rotatable bonds is 3. The lowest BCUT2D eigenvalue weighted by atomic mass is 10.2. The first-order valence-corrected chi connectivity index (χ1v) is 7.00. The molecule has 2 amide bonds. The first-order chi connectivity index (χ1) is 10.9. The van der Waals surface area contributed by atoms with E-state index in [1.54, 1.807) is 12.1 Å². The SMILES string of the molecule is COc1ccc(C)cc1NC(=O)C(=O)Nc1ccc(F)c(Cl)c1. The molecule has 0 bridgehead atoms. The van der Waals surface area contributed by atoms with Crippen LogP contribution in [0, 0.1) is 12.7 Å². The van der Waals surface area contributed by atoms with Crippen LogP contribution in [0.25, 0.3) is 0 Å². The minimum atomic E-state index is -0.906. The highest BCUT2D eigenvalue weighted by Crippen LogP contribution is 2.25. The summed E-state index contributed by atoms with van der Waals surface area (Å²) in [6.45, 7) is 1.84. The summed E-state index contributed by atoms with van der Waals surface area (Å²) in [6, 6.07) is 8.80. The smallest absolute Gasteiger partial charge is 0.314 e. The van der Waals surface area contributed by atoms with E-state index in [0.717, 1.165) is 11.6 Å². The normalized spacial score (nSPS) is 10.1. The Morgan fingerprint density at radius 2 is 1.78 bits per heavy atom. The average molecular weight is 337 g/mol. The molecule has 0 aliphatic heterocycles. The summed E-state index contributed by atoms with van der Waals surface area (Å²) in [7, 11) is 1.46. The van der Waals surface area contributed by atoms with Crippen molar-refractivity contribution < 1.29 is 18.7 Å². The van der Waals surface area contributed by atoms with E-state index in [0.29, 0.717) is 11.4 Å². The highest BCUT2D eigenvalue weighted by Gasteiger charge is 2.16. The third kappa shape index (κ3) is 4.20. The number of nitrogens with one attached hydrogen (secondary N) is 2. The molecule has 2 rings (SSSR count). The predicted molar refractivity (Wildman–Crippen MR) is 86.4 cm³/mol. The molecule has 0 saturated carbocycles. The van der Waals surface area contributed by atoms with Crippen molar-refractivity contribution in [3.8, 4) is 5.75 Å². The minimum absolute atomic E-state index is 0.149. The molecule has 0 fully saturated rings. The van der Waals surface area contributed by atoms with E-state index >= 15 is 0 Å². The molecule has 0 aromatic heterocycles. The quantitative estimate of drug-likeness (QED) is 0.844. The third-order valence-corrected chi connectivity index (χ3v) is 3.28. The standard InChI is InChI=1S/C16H14ClFN2O3/c1-9-3-6-14(23-2)13(7-9)20-16(22)15(21)19-10-4-5-12(18)11(17)8-10/h3-8H,1-2H3,(H,19,21)(H,20,22). The van der Waals surface area contributed by atoms with Gasteiger partial charge < -0.3 is 15.4 Å². The molecular weight excluding hydrogens is 323 g/mol. The summed E-state index contributed by atoms with van der Waals surface area (Å²) in [5.74, 6) is -1.97. The summed E-state index contributed by atoms with van der Waals surface area (Å²) in [5, 5.41) is 4.65. The van der Waals surface area contributed by atoms with Crippen LogP contribution in [0.4, 0.5) is 15.8 Å². The van der Waals surface area contributed by atoms with Gasteiger partial charge in [0.1, 0.15) is 11.6 Å². The predicted octanol–water partition coefficient (Wildman–Crippen LogP) is 3.37. The van der Waals surface area contributed by atoms with E-state index in [1.807, 2.05) is 13.0 Å². The number of hydrogen-bond donors (Lipinski definition) is 2. The average Bonchev–Trinajstić information content (AvgIpc) is 2.51. The van der Waals surface area contributed by atoms with Crippen LogP contribution in [-0.4, -0.2) is 18.9 Å². The molecule has 5 nitrogen and oxygen atoms in total. The van der Waals surface area contributed by atoms with Crippen LogP contribution in [0.5, 0.6) is 5.75 Å². The number of anilines is 2. The van der Waals surface area contributed by atoms with Crippen molar-refractivity contribution in [3.05, 3.63) is 52.8 Å². The number of aryl methyl sites for hydroxylation is 1. The fourth-order valence-corrected chi connectivity index (χ4v) is 2.04. The second kappa shape index (κ2) is 7.11. The summed E-state index contributed by atoms with van der Waals surface area (Å²) in [5.41, 5.74) is 1.49. The van der Waals surface area contributed by atoms with Crippen LogP contribution in [0.1, 0.15) is 5.56 Å². The van der Waals surface area contributed by atoms with Gasteiger partial charge in [0.25, 0.3) is 0 Å². The molecule has 0 aliphatic rings. The Hall–Kier alpha value is -2.60. The Bertz CT molecular complexity index is 765. The Kier molecular flexibility index (Phi) is 5.18. The van der Waals surface area contributed by atoms with Gasteiger partial charge in [0.2, 0.25) is 0 Å². The Labute approximate surface area is 137 Å². The van der Waals surface area contributed by atoms with Crippen molar-refractivity contribution in [1.29, 1.82) is 0 Å². The molecule has 23 heavy (non-hydrogen) atoms. The van der Waals surface area contributed by atoms with Crippen LogP contribution in [0.2, 0.25) is 5.02 Å². The Morgan fingerprint density at radius 1 is 1.09 bits per heavy atom. The number of methoxy groups -OCH3 is 1. The van der Waals surface area contributed by atoms with E-state index in [-0.39, 0.29) is 10.7 Å². The van der Waals surface area contributed by atoms with Crippen LogP contribution in [0.15, 0.2) is 36.4 Å². The van der Waals surface area contributed by atoms with E-state index in [1.165, 1.54) is 19.2 Å². The van der Waals surface area contributed by atoms with E-state index < -0.39 is 17.6 Å². The lowest BCUT2D eigenvalue weighted by Crippen LogP contribution is -2.29. The van der Waals surface area contributed by atoms with E-state index in [9.17, 15) is 14.0 Å². The molecule has 0 atom stereocenters. The van der Waals surface area contributed by atoms with Gasteiger partial charge >= 0.3 is 11.8 Å². The molecule has 7 heteroatoms. The number of hydrogen-bond acceptors (Lipinski definition) is 3. The molecular formula is C16H14ClFN2O3. The van der Waals surface area contributed by atoms with Crippen molar-refractivity contribution in [2.24, 2.45) is 0 Å². The fourth-order valence-electron chi connectivity index (χ4n) is 1.86. The van der Waals surface area contributed by atoms with Crippen LogP contribution in [0.3, 0.4) is 0 Å². The summed E-state index contributed by atoms with van der Waals surface area (Å²) in [4.78, 5) is 23.9. The van der Waals surface area contributed by atoms with Crippen LogP contribution >= 0.6 is 11.6 Å². The molecule has 120 valence electrons. The van der Waals surface area contributed by atoms with E-state index in [2.05, 4.69) is 10.6 Å². The molecule has 0 unspecified atom stereocenters. The second-order valence-corrected chi connectivity index (χ2v) is 5.15. The number of carbonyl (C=O) groups is 2. The van der Waals surface area contributed by atoms with Crippen molar-refractivity contribution in [1.82, 2.24) is 0 Å². The number of benzene rings is 2. The summed E-state index contributed by atoms with van der Waals surface area (Å²) in [6.07, 6.45) is 0. The second-order valence-electron chi connectivity index (χ2n) is 4.74. The molecule has 2 N–H and O–H groups in total. The molecule has 2 aromatic carbocycles. The number of carbonyl (C=O) groups excluding carboxylic acids is 2. The number of amides is 2. The van der Waals surface area contributed by atoms with Gasteiger partial charge in [-0.2, -0.15) is 0 Å². The zero-order chi connectivity index (χ0) is 17.0. The zero-order valence-corrected chi connectivity index (χ0v) is 13.2. The van der Waals surface area contributed by atoms with Gasteiger partial charge in [0.15, 0.2) is 0 Å². The van der Waals surface area contributed by atoms with Gasteiger partial charge in [-0.05, 0) is 42.8 Å². The molecule has 0 aliphatic carbocycles. The number of halogens is 2. The maximum atomic E-state index is 13.1. The fraction of sp³-hybridized carbons (Fsp3) is 0.125. The van der Waals surface area contributed by atoms with Gasteiger partial charge in [0, 0.05) is 5.69 Å².